The van der Waals surface area contributed by atoms with Crippen LogP contribution in [0.3, 0.4) is 0 Å². The molecule has 1 saturated heterocycles. The van der Waals surface area contributed by atoms with Crippen LogP contribution in [0.2, 0.25) is 0 Å². The van der Waals surface area contributed by atoms with E-state index in [1.807, 2.05) is 0 Å². The third kappa shape index (κ3) is 4.25. The van der Waals surface area contributed by atoms with E-state index in [1.165, 1.54) is 33.0 Å². The highest BCUT2D eigenvalue weighted by Crippen LogP contribution is 2.31. The molecule has 3 aromatic rings. The zero-order valence-corrected chi connectivity index (χ0v) is 18.3. The number of aromatic nitrogens is 4. The molecule has 0 radical (unpaired) electrons. The van der Waals surface area contributed by atoms with Crippen molar-refractivity contribution >= 4 is 48.9 Å². The molecule has 1 fully saturated rings. The van der Waals surface area contributed by atoms with E-state index in [0.717, 1.165) is 3.79 Å². The number of carbonyl (C=O) groups excluding carboxylic acids is 1. The molecule has 152 valence electrons. The van der Waals surface area contributed by atoms with Crippen molar-refractivity contribution in [1.29, 1.82) is 0 Å². The number of hydrogen-bond donors (Lipinski definition) is 1. The van der Waals surface area contributed by atoms with Gasteiger partial charge >= 0.3 is 0 Å². The highest BCUT2D eigenvalue weighted by molar-refractivity contribution is 9.11. The zero-order valence-electron chi connectivity index (χ0n) is 15.1. The van der Waals surface area contributed by atoms with Crippen LogP contribution in [0.25, 0.3) is 5.82 Å². The van der Waals surface area contributed by atoms with Crippen LogP contribution in [0, 0.1) is 5.92 Å². The van der Waals surface area contributed by atoms with Gasteiger partial charge in [-0.2, -0.15) is 9.40 Å². The topological polar surface area (TPSA) is 110 Å². The fourth-order valence-electron chi connectivity index (χ4n) is 3.15. The van der Waals surface area contributed by atoms with E-state index in [9.17, 15) is 13.2 Å². The second-order valence-corrected chi connectivity index (χ2v) is 11.1. The van der Waals surface area contributed by atoms with Crippen LogP contribution in [0.5, 0.6) is 0 Å². The quantitative estimate of drug-likeness (QED) is 0.580. The van der Waals surface area contributed by atoms with Crippen molar-refractivity contribution in [2.24, 2.45) is 5.92 Å². The highest BCUT2D eigenvalue weighted by Gasteiger charge is 2.33. The normalized spacial score (nSPS) is 16.0. The van der Waals surface area contributed by atoms with Gasteiger partial charge in [0, 0.05) is 25.2 Å². The van der Waals surface area contributed by atoms with Crippen LogP contribution >= 0.6 is 27.3 Å². The lowest BCUT2D eigenvalue weighted by molar-refractivity contribution is -0.120. The summed E-state index contributed by atoms with van der Waals surface area (Å²) in [6, 6.07) is 6.79. The molecular weight excluding hydrogens is 480 g/mol. The molecule has 0 aliphatic carbocycles. The number of piperidine rings is 1. The number of amides is 1. The molecule has 4 heterocycles. The van der Waals surface area contributed by atoms with Crippen LogP contribution < -0.4 is 5.32 Å². The summed E-state index contributed by atoms with van der Waals surface area (Å²) < 4.78 is 29.5. The Balaban J connectivity index is 1.42. The summed E-state index contributed by atoms with van der Waals surface area (Å²) in [5.41, 5.74) is 0.529. The van der Waals surface area contributed by atoms with E-state index < -0.39 is 10.0 Å². The number of anilines is 1. The van der Waals surface area contributed by atoms with Crippen LogP contribution in [0.15, 0.2) is 51.1 Å². The van der Waals surface area contributed by atoms with Gasteiger partial charge in [0.1, 0.15) is 16.9 Å². The first-order valence-electron chi connectivity index (χ1n) is 8.81. The van der Waals surface area contributed by atoms with Crippen LogP contribution in [0.1, 0.15) is 12.8 Å². The minimum Gasteiger partial charge on any atom is -0.323 e. The molecule has 1 aliphatic rings. The van der Waals surface area contributed by atoms with Gasteiger partial charge in [0.2, 0.25) is 5.91 Å². The molecule has 0 unspecified atom stereocenters. The van der Waals surface area contributed by atoms with Gasteiger partial charge in [-0.15, -0.1) is 11.3 Å². The number of carbonyl (C=O) groups is 1. The molecule has 0 spiro atoms. The van der Waals surface area contributed by atoms with Gasteiger partial charge in [-0.25, -0.2) is 23.1 Å². The first kappa shape index (κ1) is 20.1. The Morgan fingerprint density at radius 2 is 2.03 bits per heavy atom. The average Bonchev–Trinajstić information content (AvgIpc) is 3.41. The number of thiophene rings is 1. The Hall–Kier alpha value is -2.15. The summed E-state index contributed by atoms with van der Waals surface area (Å²) in [6.45, 7) is 0.609. The lowest BCUT2D eigenvalue weighted by atomic mass is 9.97. The minimum absolute atomic E-state index is 0.157. The lowest BCUT2D eigenvalue weighted by Crippen LogP contribution is -2.41. The predicted octanol–water partition coefficient (Wildman–Crippen LogP) is 2.53. The van der Waals surface area contributed by atoms with Gasteiger partial charge in [-0.05, 0) is 53.0 Å². The predicted molar refractivity (Wildman–Crippen MR) is 111 cm³/mol. The standard InChI is InChI=1S/C17H17BrN6O3S2/c18-14-3-4-15(28-14)29(26,27)23-8-5-12(6-9-23)17(25)22-13-2-1-7-20-16(13)24-11-19-10-21-24/h1-4,7,10-12H,5-6,8-9H2,(H,22,25). The van der Waals surface area contributed by atoms with Crippen LogP contribution in [-0.4, -0.2) is 51.5 Å². The van der Waals surface area contributed by atoms with Crippen LogP contribution in [0.4, 0.5) is 5.69 Å². The van der Waals surface area contributed by atoms with E-state index >= 15 is 0 Å². The molecule has 1 amide bonds. The Bertz CT molecular complexity index is 1110. The molecule has 0 aromatic carbocycles. The number of sulfonamides is 1. The second-order valence-electron chi connectivity index (χ2n) is 6.44. The summed E-state index contributed by atoms with van der Waals surface area (Å²) in [4.78, 5) is 20.9. The number of halogens is 1. The molecule has 1 aliphatic heterocycles. The van der Waals surface area contributed by atoms with Crippen molar-refractivity contribution in [1.82, 2.24) is 24.1 Å². The summed E-state index contributed by atoms with van der Waals surface area (Å²) in [5.74, 6) is 0.0391. The molecule has 0 saturated carbocycles. The number of nitrogens with zero attached hydrogens (tertiary/aromatic N) is 5. The molecule has 0 atom stereocenters. The third-order valence-electron chi connectivity index (χ3n) is 4.65. The maximum atomic E-state index is 12.8. The number of pyridine rings is 1. The monoisotopic (exact) mass is 496 g/mol. The van der Waals surface area contributed by atoms with E-state index in [1.54, 1.807) is 30.5 Å². The van der Waals surface area contributed by atoms with Crippen molar-refractivity contribution < 1.29 is 13.2 Å². The van der Waals surface area contributed by atoms with Crippen molar-refractivity contribution in [3.8, 4) is 5.82 Å². The van der Waals surface area contributed by atoms with E-state index in [2.05, 4.69) is 36.3 Å². The number of hydrogen-bond acceptors (Lipinski definition) is 7. The Morgan fingerprint density at radius 1 is 1.24 bits per heavy atom. The maximum Gasteiger partial charge on any atom is 0.252 e. The molecule has 4 rings (SSSR count). The second kappa shape index (κ2) is 8.30. The van der Waals surface area contributed by atoms with E-state index in [4.69, 9.17) is 0 Å². The minimum atomic E-state index is -3.52. The zero-order chi connectivity index (χ0) is 20.4. The van der Waals surface area contributed by atoms with Crippen molar-refractivity contribution in [3.05, 3.63) is 46.9 Å². The van der Waals surface area contributed by atoms with Gasteiger partial charge in [0.25, 0.3) is 10.0 Å². The number of nitrogens with one attached hydrogen (secondary N) is 1. The summed E-state index contributed by atoms with van der Waals surface area (Å²) >= 11 is 4.48. The third-order valence-corrected chi connectivity index (χ3v) is 8.64. The molecule has 1 N–H and O–H groups in total. The van der Waals surface area contributed by atoms with Gasteiger partial charge in [0.05, 0.1) is 9.47 Å². The Kier molecular flexibility index (Phi) is 5.76. The molecule has 12 heteroatoms. The number of rotatable bonds is 5. The summed E-state index contributed by atoms with van der Waals surface area (Å²) in [5, 5.41) is 6.95. The van der Waals surface area contributed by atoms with Crippen molar-refractivity contribution in [2.45, 2.75) is 17.1 Å². The van der Waals surface area contributed by atoms with Gasteiger partial charge < -0.3 is 5.32 Å². The van der Waals surface area contributed by atoms with Gasteiger partial charge in [-0.3, -0.25) is 4.79 Å². The molecule has 9 nitrogen and oxygen atoms in total. The van der Waals surface area contributed by atoms with E-state index in [-0.39, 0.29) is 11.8 Å². The summed E-state index contributed by atoms with van der Waals surface area (Å²) in [6.07, 6.45) is 5.42. The fraction of sp³-hybridized carbons (Fsp3) is 0.294. The maximum absolute atomic E-state index is 12.8. The highest BCUT2D eigenvalue weighted by atomic mass is 79.9. The molecular formula is C17H17BrN6O3S2. The van der Waals surface area contributed by atoms with Gasteiger partial charge in [0.15, 0.2) is 5.82 Å². The smallest absolute Gasteiger partial charge is 0.252 e. The molecule has 0 bridgehead atoms. The molecule has 29 heavy (non-hydrogen) atoms. The Labute approximate surface area is 180 Å². The lowest BCUT2D eigenvalue weighted by Gasteiger charge is -2.30. The largest absolute Gasteiger partial charge is 0.323 e. The van der Waals surface area contributed by atoms with E-state index in [0.29, 0.717) is 41.6 Å². The van der Waals surface area contributed by atoms with Crippen molar-refractivity contribution in [3.63, 3.8) is 0 Å². The molecule has 3 aromatic heterocycles. The SMILES string of the molecule is O=C(Nc1cccnc1-n1cncn1)C1CCN(S(=O)(=O)c2ccc(Br)s2)CC1. The van der Waals surface area contributed by atoms with Crippen LogP contribution in [-0.2, 0) is 14.8 Å². The summed E-state index contributed by atoms with van der Waals surface area (Å²) in [7, 11) is -3.52. The first-order chi connectivity index (χ1) is 13.9. The first-order valence-corrected chi connectivity index (χ1v) is 11.9. The average molecular weight is 497 g/mol. The Morgan fingerprint density at radius 3 is 2.69 bits per heavy atom. The van der Waals surface area contributed by atoms with Crippen molar-refractivity contribution in [2.75, 3.05) is 18.4 Å². The van der Waals surface area contributed by atoms with Gasteiger partial charge in [-0.1, -0.05) is 0 Å². The fourth-order valence-corrected chi connectivity index (χ4v) is 6.79.